The third-order valence-electron chi connectivity index (χ3n) is 5.49. The van der Waals surface area contributed by atoms with Crippen molar-refractivity contribution in [1.82, 2.24) is 9.96 Å². The maximum Gasteiger partial charge on any atom is 0.224 e. The van der Waals surface area contributed by atoms with Gasteiger partial charge < -0.3 is 15.0 Å². The highest BCUT2D eigenvalue weighted by atomic mass is 35.5. The van der Waals surface area contributed by atoms with E-state index in [-0.39, 0.29) is 11.8 Å². The lowest BCUT2D eigenvalue weighted by Crippen LogP contribution is -2.41. The predicted molar refractivity (Wildman–Crippen MR) is 112 cm³/mol. The summed E-state index contributed by atoms with van der Waals surface area (Å²) in [7, 11) is 1.55. The Labute approximate surface area is 177 Å². The third-order valence-corrected chi connectivity index (χ3v) is 5.78. The molecule has 0 spiro atoms. The van der Waals surface area contributed by atoms with E-state index < -0.39 is 0 Å². The molecule has 2 fully saturated rings. The Kier molecular flexibility index (Phi) is 8.15. The van der Waals surface area contributed by atoms with Gasteiger partial charge in [0.2, 0.25) is 11.8 Å². The summed E-state index contributed by atoms with van der Waals surface area (Å²) in [6.07, 6.45) is 4.77. The van der Waals surface area contributed by atoms with Gasteiger partial charge in [0.25, 0.3) is 0 Å². The molecule has 2 aliphatic heterocycles. The minimum absolute atomic E-state index is 0.0409. The number of hydrogen-bond donors (Lipinski definition) is 1. The van der Waals surface area contributed by atoms with Crippen LogP contribution in [-0.2, 0) is 14.4 Å². The second-order valence-electron chi connectivity index (χ2n) is 7.65. The summed E-state index contributed by atoms with van der Waals surface area (Å²) in [4.78, 5) is 32.2. The van der Waals surface area contributed by atoms with E-state index in [4.69, 9.17) is 21.2 Å². The highest BCUT2D eigenvalue weighted by Gasteiger charge is 2.25. The van der Waals surface area contributed by atoms with Gasteiger partial charge in [0, 0.05) is 44.7 Å². The lowest BCUT2D eigenvalue weighted by atomic mass is 9.93. The third kappa shape index (κ3) is 6.59. The van der Waals surface area contributed by atoms with Crippen LogP contribution in [0.1, 0.15) is 38.5 Å². The van der Waals surface area contributed by atoms with Crippen LogP contribution in [0.5, 0.6) is 5.75 Å². The van der Waals surface area contributed by atoms with Crippen molar-refractivity contribution in [2.45, 2.75) is 38.5 Å². The first-order chi connectivity index (χ1) is 14.0. The molecule has 1 N–H and O–H groups in total. The highest BCUT2D eigenvalue weighted by Crippen LogP contribution is 2.27. The minimum Gasteiger partial charge on any atom is -0.495 e. The molecule has 1 atom stereocenters. The van der Waals surface area contributed by atoms with Crippen LogP contribution in [0.2, 0.25) is 5.02 Å². The first-order valence-corrected chi connectivity index (χ1v) is 10.7. The fourth-order valence-electron chi connectivity index (χ4n) is 3.88. The molecule has 0 bridgehead atoms. The van der Waals surface area contributed by atoms with Crippen molar-refractivity contribution in [2.24, 2.45) is 5.92 Å². The summed E-state index contributed by atoms with van der Waals surface area (Å²) in [6, 6.07) is 5.19. The topological polar surface area (TPSA) is 71.1 Å². The zero-order valence-corrected chi connectivity index (χ0v) is 17.7. The number of rotatable bonds is 8. The Hall–Kier alpha value is -1.83. The van der Waals surface area contributed by atoms with Crippen LogP contribution >= 0.6 is 11.6 Å². The number of methoxy groups -OCH3 is 1. The number of likely N-dealkylation sites (tertiary alicyclic amines) is 1. The monoisotopic (exact) mass is 423 g/mol. The standard InChI is InChI=1S/C21H30ClN3O4/c1-28-19-7-6-17(14-18(19)22)23-20(26)8-5-16-4-2-10-24(15-16)21(27)9-12-25-11-3-13-29-25/h6-7,14,16H,2-5,8-13,15H2,1H3,(H,23,26). The number of halogens is 1. The van der Waals surface area contributed by atoms with E-state index in [1.165, 1.54) is 0 Å². The smallest absolute Gasteiger partial charge is 0.224 e. The van der Waals surface area contributed by atoms with Gasteiger partial charge in [0.05, 0.1) is 18.7 Å². The van der Waals surface area contributed by atoms with Gasteiger partial charge in [-0.05, 0) is 49.8 Å². The molecule has 7 nitrogen and oxygen atoms in total. The van der Waals surface area contributed by atoms with Crippen LogP contribution < -0.4 is 10.1 Å². The number of nitrogens with one attached hydrogen (secondary N) is 1. The summed E-state index contributed by atoms with van der Waals surface area (Å²) in [5.74, 6) is 1.08. The Morgan fingerprint density at radius 3 is 2.86 bits per heavy atom. The molecule has 2 heterocycles. The molecule has 0 aliphatic carbocycles. The van der Waals surface area contributed by atoms with Gasteiger partial charge in [0.15, 0.2) is 0 Å². The zero-order chi connectivity index (χ0) is 20.6. The number of nitrogens with zero attached hydrogens (tertiary/aromatic N) is 2. The van der Waals surface area contributed by atoms with Crippen LogP contribution in [0.25, 0.3) is 0 Å². The number of benzene rings is 1. The Balaban J connectivity index is 1.39. The van der Waals surface area contributed by atoms with Crippen LogP contribution in [-0.4, -0.2) is 61.7 Å². The van der Waals surface area contributed by atoms with Crippen molar-refractivity contribution in [1.29, 1.82) is 0 Å². The lowest BCUT2D eigenvalue weighted by Gasteiger charge is -2.33. The van der Waals surface area contributed by atoms with E-state index in [2.05, 4.69) is 5.32 Å². The fraction of sp³-hybridized carbons (Fsp3) is 0.619. The summed E-state index contributed by atoms with van der Waals surface area (Å²) >= 11 is 6.10. The number of amides is 2. The molecular formula is C21H30ClN3O4. The minimum atomic E-state index is -0.0409. The van der Waals surface area contributed by atoms with Crippen LogP contribution in [0.15, 0.2) is 18.2 Å². The van der Waals surface area contributed by atoms with Gasteiger partial charge in [-0.3, -0.25) is 14.4 Å². The number of carbonyl (C=O) groups excluding carboxylic acids is 2. The van der Waals surface area contributed by atoms with E-state index >= 15 is 0 Å². The molecule has 1 aromatic carbocycles. The number of anilines is 1. The van der Waals surface area contributed by atoms with Gasteiger partial charge in [-0.1, -0.05) is 11.6 Å². The Morgan fingerprint density at radius 2 is 2.14 bits per heavy atom. The number of hydroxylamine groups is 2. The predicted octanol–water partition coefficient (Wildman–Crippen LogP) is 3.33. The first-order valence-electron chi connectivity index (χ1n) is 10.3. The number of ether oxygens (including phenoxy) is 1. The van der Waals surface area contributed by atoms with E-state index in [1.54, 1.807) is 25.3 Å². The molecule has 0 saturated carbocycles. The van der Waals surface area contributed by atoms with Crippen molar-refractivity contribution in [2.75, 3.05) is 45.2 Å². The number of carbonyl (C=O) groups is 2. The Bertz CT molecular complexity index is 709. The van der Waals surface area contributed by atoms with E-state index in [0.717, 1.165) is 51.9 Å². The summed E-state index contributed by atoms with van der Waals surface area (Å²) < 4.78 is 5.12. The van der Waals surface area contributed by atoms with E-state index in [0.29, 0.717) is 41.8 Å². The van der Waals surface area contributed by atoms with Gasteiger partial charge >= 0.3 is 0 Å². The molecule has 2 aliphatic rings. The fourth-order valence-corrected chi connectivity index (χ4v) is 4.14. The molecule has 8 heteroatoms. The van der Waals surface area contributed by atoms with Crippen LogP contribution in [0.3, 0.4) is 0 Å². The molecule has 1 aromatic rings. The largest absolute Gasteiger partial charge is 0.495 e. The maximum absolute atomic E-state index is 12.5. The van der Waals surface area contributed by atoms with Gasteiger partial charge in [-0.15, -0.1) is 0 Å². The van der Waals surface area contributed by atoms with Crippen molar-refractivity contribution in [3.8, 4) is 5.75 Å². The second-order valence-corrected chi connectivity index (χ2v) is 8.06. The molecule has 29 heavy (non-hydrogen) atoms. The molecule has 0 aromatic heterocycles. The summed E-state index contributed by atoms with van der Waals surface area (Å²) in [6.45, 7) is 3.87. The highest BCUT2D eigenvalue weighted by molar-refractivity contribution is 6.32. The summed E-state index contributed by atoms with van der Waals surface area (Å²) in [5.41, 5.74) is 0.658. The Morgan fingerprint density at radius 1 is 1.28 bits per heavy atom. The van der Waals surface area contributed by atoms with Gasteiger partial charge in [-0.25, -0.2) is 0 Å². The maximum atomic E-state index is 12.5. The molecule has 1 unspecified atom stereocenters. The number of hydrogen-bond acceptors (Lipinski definition) is 5. The molecular weight excluding hydrogens is 394 g/mol. The number of piperidine rings is 1. The van der Waals surface area contributed by atoms with Crippen molar-refractivity contribution >= 4 is 29.1 Å². The lowest BCUT2D eigenvalue weighted by molar-refractivity contribution is -0.140. The van der Waals surface area contributed by atoms with Gasteiger partial charge in [0.1, 0.15) is 5.75 Å². The first kappa shape index (κ1) is 21.9. The van der Waals surface area contributed by atoms with Crippen molar-refractivity contribution < 1.29 is 19.2 Å². The summed E-state index contributed by atoms with van der Waals surface area (Å²) in [5, 5.41) is 5.23. The van der Waals surface area contributed by atoms with Gasteiger partial charge in [-0.2, -0.15) is 5.06 Å². The van der Waals surface area contributed by atoms with E-state index in [1.807, 2.05) is 9.96 Å². The molecule has 2 amide bonds. The molecule has 2 saturated heterocycles. The molecule has 160 valence electrons. The quantitative estimate of drug-likeness (QED) is 0.694. The normalized spacial score (nSPS) is 19.9. The molecule has 0 radical (unpaired) electrons. The second kappa shape index (κ2) is 10.8. The SMILES string of the molecule is COc1ccc(NC(=O)CCC2CCCN(C(=O)CCN3CCCO3)C2)cc1Cl. The molecule has 3 rings (SSSR count). The van der Waals surface area contributed by atoms with Crippen LogP contribution in [0.4, 0.5) is 5.69 Å². The van der Waals surface area contributed by atoms with Crippen molar-refractivity contribution in [3.05, 3.63) is 23.2 Å². The zero-order valence-electron chi connectivity index (χ0n) is 17.0. The average Bonchev–Trinajstić information content (AvgIpc) is 3.24. The average molecular weight is 424 g/mol. The van der Waals surface area contributed by atoms with Crippen LogP contribution in [0, 0.1) is 5.92 Å². The van der Waals surface area contributed by atoms with E-state index in [9.17, 15) is 9.59 Å². The van der Waals surface area contributed by atoms with Crippen molar-refractivity contribution in [3.63, 3.8) is 0 Å².